The highest BCUT2D eigenvalue weighted by Crippen LogP contribution is 2.35. The number of likely N-dealkylation sites (N-methyl/N-ethyl adjacent to an activating group) is 1. The molecule has 1 aromatic heterocycles. The topological polar surface area (TPSA) is 75.1 Å². The number of carbonyl (C=O) groups excluding carboxylic acids is 1. The first-order valence-electron chi connectivity index (χ1n) is 11.4. The van der Waals surface area contributed by atoms with Crippen molar-refractivity contribution in [1.29, 1.82) is 0 Å². The fraction of sp³-hybridized carbons (Fsp3) is 0.214. The Kier molecular flexibility index (Phi) is 7.75. The van der Waals surface area contributed by atoms with Crippen LogP contribution in [0.1, 0.15) is 10.4 Å². The molecule has 0 fully saturated rings. The van der Waals surface area contributed by atoms with Gasteiger partial charge < -0.3 is 23.8 Å². The summed E-state index contributed by atoms with van der Waals surface area (Å²) in [4.78, 5) is 15.2. The average Bonchev–Trinajstić information content (AvgIpc) is 3.38. The molecular weight excluding hydrogens is 458 g/mol. The predicted octanol–water partition coefficient (Wildman–Crippen LogP) is 4.72. The molecule has 186 valence electrons. The summed E-state index contributed by atoms with van der Waals surface area (Å²) in [6.07, 6.45) is 1.74. The van der Waals surface area contributed by atoms with Crippen LogP contribution < -0.4 is 18.9 Å². The van der Waals surface area contributed by atoms with Crippen molar-refractivity contribution in [3.63, 3.8) is 0 Å². The van der Waals surface area contributed by atoms with E-state index in [9.17, 15) is 4.79 Å². The zero-order chi connectivity index (χ0) is 25.5. The van der Waals surface area contributed by atoms with Crippen molar-refractivity contribution in [2.75, 3.05) is 41.5 Å². The van der Waals surface area contributed by atoms with E-state index in [0.29, 0.717) is 53.0 Å². The SMILES string of the molecule is COc1ccc(-c2nn(-c3ccccc3)cc2C(=O)N(C)CCOc2ccccc2OC)c(OC)c1. The van der Waals surface area contributed by atoms with Crippen LogP contribution in [0, 0.1) is 0 Å². The first-order chi connectivity index (χ1) is 17.5. The lowest BCUT2D eigenvalue weighted by molar-refractivity contribution is 0.0774. The van der Waals surface area contributed by atoms with E-state index in [1.54, 1.807) is 50.2 Å². The Hall–Kier alpha value is -4.46. The molecule has 4 aromatic rings. The van der Waals surface area contributed by atoms with E-state index >= 15 is 0 Å². The monoisotopic (exact) mass is 487 g/mol. The average molecular weight is 488 g/mol. The molecule has 0 unspecified atom stereocenters. The van der Waals surface area contributed by atoms with Crippen LogP contribution in [0.5, 0.6) is 23.0 Å². The maximum atomic E-state index is 13.6. The van der Waals surface area contributed by atoms with Gasteiger partial charge in [0, 0.05) is 24.9 Å². The summed E-state index contributed by atoms with van der Waals surface area (Å²) >= 11 is 0. The highest BCUT2D eigenvalue weighted by Gasteiger charge is 2.24. The van der Waals surface area contributed by atoms with Crippen LogP contribution in [0.4, 0.5) is 0 Å². The van der Waals surface area contributed by atoms with E-state index in [1.165, 1.54) is 0 Å². The number of methoxy groups -OCH3 is 3. The number of ether oxygens (including phenoxy) is 4. The number of aromatic nitrogens is 2. The lowest BCUT2D eigenvalue weighted by atomic mass is 10.1. The summed E-state index contributed by atoms with van der Waals surface area (Å²) in [7, 11) is 6.50. The van der Waals surface area contributed by atoms with E-state index in [2.05, 4.69) is 0 Å². The fourth-order valence-corrected chi connectivity index (χ4v) is 3.77. The summed E-state index contributed by atoms with van der Waals surface area (Å²) < 4.78 is 23.8. The van der Waals surface area contributed by atoms with Gasteiger partial charge in [0.25, 0.3) is 5.91 Å². The van der Waals surface area contributed by atoms with Gasteiger partial charge in [0.15, 0.2) is 11.5 Å². The molecule has 1 amide bonds. The van der Waals surface area contributed by atoms with Gasteiger partial charge in [-0.25, -0.2) is 4.68 Å². The van der Waals surface area contributed by atoms with Crippen molar-refractivity contribution >= 4 is 5.91 Å². The van der Waals surface area contributed by atoms with Crippen LogP contribution in [-0.2, 0) is 0 Å². The summed E-state index contributed by atoms with van der Waals surface area (Å²) in [6, 6.07) is 22.5. The van der Waals surface area contributed by atoms with E-state index in [1.807, 2.05) is 66.7 Å². The minimum absolute atomic E-state index is 0.186. The molecule has 0 saturated carbocycles. The third kappa shape index (κ3) is 5.27. The lowest BCUT2D eigenvalue weighted by Gasteiger charge is -2.18. The van der Waals surface area contributed by atoms with E-state index in [0.717, 1.165) is 5.69 Å². The summed E-state index contributed by atoms with van der Waals surface area (Å²) in [5, 5.41) is 4.77. The van der Waals surface area contributed by atoms with Crippen LogP contribution in [0.15, 0.2) is 79.0 Å². The van der Waals surface area contributed by atoms with Gasteiger partial charge in [0.1, 0.15) is 23.8 Å². The van der Waals surface area contributed by atoms with Gasteiger partial charge in [-0.15, -0.1) is 0 Å². The molecule has 0 atom stereocenters. The Labute approximate surface area is 210 Å². The number of carbonyl (C=O) groups is 1. The first-order valence-corrected chi connectivity index (χ1v) is 11.4. The highest BCUT2D eigenvalue weighted by molar-refractivity contribution is 6.00. The first kappa shape index (κ1) is 24.7. The second kappa shape index (κ2) is 11.3. The van der Waals surface area contributed by atoms with Gasteiger partial charge in [-0.3, -0.25) is 4.79 Å². The van der Waals surface area contributed by atoms with Gasteiger partial charge in [-0.05, 0) is 36.4 Å². The molecule has 1 heterocycles. The second-order valence-electron chi connectivity index (χ2n) is 7.96. The minimum atomic E-state index is -0.186. The van der Waals surface area contributed by atoms with Crippen molar-refractivity contribution in [1.82, 2.24) is 14.7 Å². The quantitative estimate of drug-likeness (QED) is 0.322. The van der Waals surface area contributed by atoms with E-state index < -0.39 is 0 Å². The van der Waals surface area contributed by atoms with E-state index in [4.69, 9.17) is 24.0 Å². The van der Waals surface area contributed by atoms with E-state index in [-0.39, 0.29) is 5.91 Å². The van der Waals surface area contributed by atoms with Crippen LogP contribution in [-0.4, -0.2) is 62.1 Å². The molecule has 0 aliphatic rings. The van der Waals surface area contributed by atoms with Gasteiger partial charge in [0.2, 0.25) is 0 Å². The highest BCUT2D eigenvalue weighted by atomic mass is 16.5. The Morgan fingerprint density at radius 1 is 0.861 bits per heavy atom. The molecule has 0 aliphatic heterocycles. The Bertz CT molecular complexity index is 1320. The standard InChI is InChI=1S/C28H29N3O5/c1-30(16-17-36-25-13-9-8-12-24(25)34-3)28(32)23-19-31(20-10-6-5-7-11-20)29-27(23)22-15-14-21(33-2)18-26(22)35-4/h5-15,18-19H,16-17H2,1-4H3. The molecule has 0 bridgehead atoms. The van der Waals surface area contributed by atoms with Gasteiger partial charge in [-0.1, -0.05) is 30.3 Å². The molecule has 4 rings (SSSR count). The summed E-state index contributed by atoms with van der Waals surface area (Å²) in [5.41, 5.74) is 2.49. The van der Waals surface area contributed by atoms with Crippen molar-refractivity contribution in [3.8, 4) is 39.9 Å². The third-order valence-corrected chi connectivity index (χ3v) is 5.73. The summed E-state index contributed by atoms with van der Waals surface area (Å²) in [6.45, 7) is 0.670. The van der Waals surface area contributed by atoms with Crippen LogP contribution in [0.25, 0.3) is 16.9 Å². The van der Waals surface area contributed by atoms with Crippen molar-refractivity contribution in [2.24, 2.45) is 0 Å². The number of nitrogens with zero attached hydrogens (tertiary/aromatic N) is 3. The van der Waals surface area contributed by atoms with Crippen molar-refractivity contribution in [2.45, 2.75) is 0 Å². The van der Waals surface area contributed by atoms with Crippen molar-refractivity contribution in [3.05, 3.63) is 84.6 Å². The second-order valence-corrected chi connectivity index (χ2v) is 7.96. The fourth-order valence-electron chi connectivity index (χ4n) is 3.77. The third-order valence-electron chi connectivity index (χ3n) is 5.73. The molecule has 8 heteroatoms. The molecule has 36 heavy (non-hydrogen) atoms. The normalized spacial score (nSPS) is 10.6. The largest absolute Gasteiger partial charge is 0.497 e. The molecule has 0 radical (unpaired) electrons. The van der Waals surface area contributed by atoms with Gasteiger partial charge in [-0.2, -0.15) is 5.10 Å². The Morgan fingerprint density at radius 2 is 1.56 bits per heavy atom. The maximum absolute atomic E-state index is 13.6. The Balaban J connectivity index is 1.63. The number of rotatable bonds is 10. The molecular formula is C28H29N3O5. The molecule has 0 N–H and O–H groups in total. The summed E-state index contributed by atoms with van der Waals surface area (Å²) in [5.74, 6) is 2.29. The molecule has 8 nitrogen and oxygen atoms in total. The lowest BCUT2D eigenvalue weighted by Crippen LogP contribution is -2.31. The van der Waals surface area contributed by atoms with Crippen LogP contribution in [0.3, 0.4) is 0 Å². The van der Waals surface area contributed by atoms with Gasteiger partial charge >= 0.3 is 0 Å². The number of para-hydroxylation sites is 3. The Morgan fingerprint density at radius 3 is 2.25 bits per heavy atom. The molecule has 0 aliphatic carbocycles. The zero-order valence-electron chi connectivity index (χ0n) is 20.8. The smallest absolute Gasteiger partial charge is 0.257 e. The number of benzene rings is 3. The predicted molar refractivity (Wildman–Crippen MR) is 138 cm³/mol. The van der Waals surface area contributed by atoms with Crippen molar-refractivity contribution < 1.29 is 23.7 Å². The zero-order valence-corrected chi connectivity index (χ0v) is 20.8. The number of amides is 1. The molecule has 0 spiro atoms. The maximum Gasteiger partial charge on any atom is 0.257 e. The van der Waals surface area contributed by atoms with Gasteiger partial charge in [0.05, 0.1) is 39.1 Å². The number of hydrogen-bond donors (Lipinski definition) is 0. The molecule has 0 saturated heterocycles. The van der Waals surface area contributed by atoms with Crippen LogP contribution in [0.2, 0.25) is 0 Å². The number of hydrogen-bond acceptors (Lipinski definition) is 6. The molecule has 3 aromatic carbocycles. The van der Waals surface area contributed by atoms with Crippen LogP contribution >= 0.6 is 0 Å². The minimum Gasteiger partial charge on any atom is -0.497 e.